The van der Waals surface area contributed by atoms with Crippen molar-refractivity contribution in [3.63, 3.8) is 0 Å². The Labute approximate surface area is 117 Å². The summed E-state index contributed by atoms with van der Waals surface area (Å²) in [5, 5.41) is 14.0. The van der Waals surface area contributed by atoms with Crippen LogP contribution in [0.4, 0.5) is 11.5 Å². The van der Waals surface area contributed by atoms with Crippen LogP contribution in [0.1, 0.15) is 13.8 Å². The highest BCUT2D eigenvalue weighted by Crippen LogP contribution is 2.26. The first kappa shape index (κ1) is 15.7. The van der Waals surface area contributed by atoms with Gasteiger partial charge in [0.15, 0.2) is 0 Å². The number of pyridine rings is 1. The Hall–Kier alpha value is -1.34. The van der Waals surface area contributed by atoms with Gasteiger partial charge in [-0.15, -0.1) is 11.8 Å². The second-order valence-electron chi connectivity index (χ2n) is 3.95. The molecule has 1 rings (SSSR count). The van der Waals surface area contributed by atoms with Gasteiger partial charge in [0.05, 0.1) is 4.92 Å². The summed E-state index contributed by atoms with van der Waals surface area (Å²) in [4.78, 5) is 17.8. The summed E-state index contributed by atoms with van der Waals surface area (Å²) in [6, 6.07) is 1.55. The monoisotopic (exact) mass is 284 g/mol. The van der Waals surface area contributed by atoms with Crippen molar-refractivity contribution in [1.29, 1.82) is 0 Å². The predicted molar refractivity (Wildman–Crippen MR) is 79.0 cm³/mol. The summed E-state index contributed by atoms with van der Waals surface area (Å²) in [6.45, 7) is 7.62. The van der Waals surface area contributed by atoms with Gasteiger partial charge in [0.2, 0.25) is 5.82 Å². The van der Waals surface area contributed by atoms with Crippen LogP contribution in [0.2, 0.25) is 0 Å². The molecule has 0 saturated heterocycles. The van der Waals surface area contributed by atoms with E-state index in [1.807, 2.05) is 6.26 Å². The summed E-state index contributed by atoms with van der Waals surface area (Å²) in [5.74, 6) is 0.343. The van der Waals surface area contributed by atoms with Crippen LogP contribution in [0.3, 0.4) is 0 Å². The Kier molecular flexibility index (Phi) is 6.58. The molecule has 0 saturated carbocycles. The lowest BCUT2D eigenvalue weighted by atomic mass is 10.4. The molecule has 0 aliphatic carbocycles. The molecular formula is C12H20N4O2S. The zero-order valence-corrected chi connectivity index (χ0v) is 12.4. The fraction of sp³-hybridized carbons (Fsp3) is 0.583. The summed E-state index contributed by atoms with van der Waals surface area (Å²) in [7, 11) is 0. The maximum absolute atomic E-state index is 11.0. The number of hydrogen-bond donors (Lipinski definition) is 1. The molecule has 7 heteroatoms. The molecule has 1 aromatic heterocycles. The molecule has 0 aliphatic rings. The van der Waals surface area contributed by atoms with Gasteiger partial charge < -0.3 is 10.2 Å². The van der Waals surface area contributed by atoms with Gasteiger partial charge in [0, 0.05) is 30.2 Å². The van der Waals surface area contributed by atoms with Crippen molar-refractivity contribution in [3.8, 4) is 0 Å². The average Bonchev–Trinajstić information content (AvgIpc) is 2.43. The molecule has 0 fully saturated rings. The first-order valence-corrected chi connectivity index (χ1v) is 7.49. The average molecular weight is 284 g/mol. The van der Waals surface area contributed by atoms with Crippen molar-refractivity contribution in [2.75, 3.05) is 37.8 Å². The van der Waals surface area contributed by atoms with E-state index in [0.717, 1.165) is 24.5 Å². The maximum atomic E-state index is 11.0. The van der Waals surface area contributed by atoms with Gasteiger partial charge in [-0.1, -0.05) is 13.8 Å². The van der Waals surface area contributed by atoms with Gasteiger partial charge >= 0.3 is 5.69 Å². The van der Waals surface area contributed by atoms with Crippen molar-refractivity contribution in [2.24, 2.45) is 0 Å². The quantitative estimate of drug-likeness (QED) is 0.449. The minimum Gasteiger partial charge on any atom is -0.363 e. The van der Waals surface area contributed by atoms with Crippen molar-refractivity contribution in [3.05, 3.63) is 22.4 Å². The van der Waals surface area contributed by atoms with Crippen LogP contribution in [0, 0.1) is 10.1 Å². The van der Waals surface area contributed by atoms with Crippen molar-refractivity contribution >= 4 is 23.3 Å². The lowest BCUT2D eigenvalue weighted by Gasteiger charge is -2.18. The molecule has 0 atom stereocenters. The van der Waals surface area contributed by atoms with Crippen LogP contribution in [0.25, 0.3) is 0 Å². The Morgan fingerprint density at radius 2 is 2.16 bits per heavy atom. The molecule has 1 N–H and O–H groups in total. The van der Waals surface area contributed by atoms with Gasteiger partial charge in [0.25, 0.3) is 0 Å². The van der Waals surface area contributed by atoms with E-state index in [4.69, 9.17) is 0 Å². The first-order chi connectivity index (χ1) is 9.12. The highest BCUT2D eigenvalue weighted by Gasteiger charge is 2.15. The Morgan fingerprint density at radius 3 is 2.68 bits per heavy atom. The van der Waals surface area contributed by atoms with Crippen molar-refractivity contribution in [1.82, 2.24) is 9.88 Å². The number of aromatic nitrogens is 1. The Balaban J connectivity index is 2.69. The van der Waals surface area contributed by atoms with Crippen LogP contribution in [-0.4, -0.2) is 47.2 Å². The summed E-state index contributed by atoms with van der Waals surface area (Å²) in [5.41, 5.74) is 0.0337. The molecule has 1 heterocycles. The smallest absolute Gasteiger partial charge is 0.312 e. The summed E-state index contributed by atoms with van der Waals surface area (Å²) < 4.78 is 0. The minimum atomic E-state index is -0.396. The van der Waals surface area contributed by atoms with E-state index < -0.39 is 4.92 Å². The van der Waals surface area contributed by atoms with Crippen LogP contribution >= 0.6 is 11.8 Å². The highest BCUT2D eigenvalue weighted by atomic mass is 32.2. The zero-order chi connectivity index (χ0) is 14.3. The topological polar surface area (TPSA) is 71.3 Å². The SMILES string of the molecule is CCN(CC)CCNc1ncc(SC)cc1[N+](=O)[O-]. The van der Waals surface area contributed by atoms with E-state index in [2.05, 4.69) is 29.0 Å². The molecule has 0 aromatic carbocycles. The molecule has 0 bridgehead atoms. The molecule has 0 amide bonds. The fourth-order valence-corrected chi connectivity index (χ4v) is 2.08. The molecule has 19 heavy (non-hydrogen) atoms. The van der Waals surface area contributed by atoms with E-state index in [0.29, 0.717) is 12.4 Å². The van der Waals surface area contributed by atoms with Gasteiger partial charge in [-0.05, 0) is 19.3 Å². The minimum absolute atomic E-state index is 0.0337. The number of thioether (sulfide) groups is 1. The largest absolute Gasteiger partial charge is 0.363 e. The van der Waals surface area contributed by atoms with Crippen molar-refractivity contribution in [2.45, 2.75) is 18.7 Å². The van der Waals surface area contributed by atoms with Gasteiger partial charge in [0.1, 0.15) is 0 Å². The first-order valence-electron chi connectivity index (χ1n) is 6.27. The molecule has 0 unspecified atom stereocenters. The lowest BCUT2D eigenvalue weighted by Crippen LogP contribution is -2.28. The fourth-order valence-electron chi connectivity index (χ4n) is 1.69. The molecule has 0 spiro atoms. The summed E-state index contributed by atoms with van der Waals surface area (Å²) >= 11 is 1.44. The Morgan fingerprint density at radius 1 is 1.47 bits per heavy atom. The second kappa shape index (κ2) is 7.96. The number of hydrogen-bond acceptors (Lipinski definition) is 6. The molecule has 0 radical (unpaired) electrons. The lowest BCUT2D eigenvalue weighted by molar-refractivity contribution is -0.384. The second-order valence-corrected chi connectivity index (χ2v) is 4.83. The van der Waals surface area contributed by atoms with Gasteiger partial charge in [-0.3, -0.25) is 10.1 Å². The predicted octanol–water partition coefficient (Wildman–Crippen LogP) is 2.47. The van der Waals surface area contributed by atoms with Gasteiger partial charge in [-0.25, -0.2) is 4.98 Å². The van der Waals surface area contributed by atoms with E-state index in [-0.39, 0.29) is 5.69 Å². The number of nitrogens with one attached hydrogen (secondary N) is 1. The molecule has 0 aliphatic heterocycles. The third kappa shape index (κ3) is 4.68. The van der Waals surface area contributed by atoms with E-state index in [1.165, 1.54) is 11.8 Å². The maximum Gasteiger partial charge on any atom is 0.312 e. The number of nitro groups is 1. The third-order valence-corrected chi connectivity index (χ3v) is 3.58. The number of anilines is 1. The number of nitrogens with zero attached hydrogens (tertiary/aromatic N) is 3. The number of likely N-dealkylation sites (N-methyl/N-ethyl adjacent to an activating group) is 1. The van der Waals surface area contributed by atoms with Crippen LogP contribution in [0.5, 0.6) is 0 Å². The molecule has 6 nitrogen and oxygen atoms in total. The van der Waals surface area contributed by atoms with Crippen LogP contribution < -0.4 is 5.32 Å². The molecule has 1 aromatic rings. The zero-order valence-electron chi connectivity index (χ0n) is 11.5. The number of rotatable bonds is 8. The molecule has 106 valence electrons. The van der Waals surface area contributed by atoms with Crippen molar-refractivity contribution < 1.29 is 4.92 Å². The molecular weight excluding hydrogens is 264 g/mol. The van der Waals surface area contributed by atoms with E-state index >= 15 is 0 Å². The summed E-state index contributed by atoms with van der Waals surface area (Å²) in [6.07, 6.45) is 3.52. The van der Waals surface area contributed by atoms with Gasteiger partial charge in [-0.2, -0.15) is 0 Å². The van der Waals surface area contributed by atoms with E-state index in [9.17, 15) is 10.1 Å². The standard InChI is InChI=1S/C12H20N4O2S/c1-4-15(5-2)7-6-13-12-11(16(17)18)8-10(19-3)9-14-12/h8-9H,4-7H2,1-3H3,(H,13,14). The Bertz CT molecular complexity index is 424. The highest BCUT2D eigenvalue weighted by molar-refractivity contribution is 7.98. The van der Waals surface area contributed by atoms with Crippen LogP contribution in [-0.2, 0) is 0 Å². The van der Waals surface area contributed by atoms with E-state index in [1.54, 1.807) is 12.3 Å². The normalized spacial score (nSPS) is 10.7. The van der Waals surface area contributed by atoms with Crippen LogP contribution in [0.15, 0.2) is 17.2 Å². The third-order valence-electron chi connectivity index (χ3n) is 2.89.